The molecule has 1 aromatic heterocycles. The fourth-order valence-corrected chi connectivity index (χ4v) is 1.90. The quantitative estimate of drug-likeness (QED) is 0.808. The fraction of sp³-hybridized carbons (Fsp3) is 0.500. The first-order valence-corrected chi connectivity index (χ1v) is 6.61. The van der Waals surface area contributed by atoms with Crippen molar-refractivity contribution >= 4 is 16.9 Å². The Hall–Kier alpha value is -1.11. The summed E-state index contributed by atoms with van der Waals surface area (Å²) >= 11 is 0.980. The molecule has 0 saturated carbocycles. The van der Waals surface area contributed by atoms with Gasteiger partial charge in [0.25, 0.3) is 0 Å². The summed E-state index contributed by atoms with van der Waals surface area (Å²) in [5.41, 5.74) is 0.495. The van der Waals surface area contributed by atoms with E-state index in [1.54, 1.807) is 12.1 Å². The molecule has 0 aliphatic heterocycles. The van der Waals surface area contributed by atoms with Crippen LogP contribution in [-0.2, 0) is 4.79 Å². The molecule has 1 heterocycles. The van der Waals surface area contributed by atoms with Gasteiger partial charge in [0.05, 0.1) is 12.7 Å². The van der Waals surface area contributed by atoms with Gasteiger partial charge in [-0.3, -0.25) is 4.79 Å². The highest BCUT2D eigenvalue weighted by atomic mass is 32.2. The maximum atomic E-state index is 10.8. The fourth-order valence-electron chi connectivity index (χ4n) is 1.32. The standard InChI is InChI=1S/C12H17NO4S/c1-3-17-11-5-4-9(6-13-11)12(16)10(15)7-18-8(2)14/h4-6,10,12,15-16H,3,7H2,1-2H3. The molecule has 1 aromatic rings. The van der Waals surface area contributed by atoms with E-state index < -0.39 is 12.2 Å². The molecule has 2 atom stereocenters. The van der Waals surface area contributed by atoms with E-state index in [0.717, 1.165) is 11.8 Å². The molecule has 0 aliphatic carbocycles. The third kappa shape index (κ3) is 4.64. The molecular formula is C12H17NO4S. The second-order valence-electron chi connectivity index (χ2n) is 3.68. The Morgan fingerprint density at radius 2 is 2.22 bits per heavy atom. The van der Waals surface area contributed by atoms with Gasteiger partial charge < -0.3 is 14.9 Å². The molecule has 0 bridgehead atoms. The molecule has 0 aromatic carbocycles. The Morgan fingerprint density at radius 3 is 2.72 bits per heavy atom. The average molecular weight is 271 g/mol. The van der Waals surface area contributed by atoms with Crippen molar-refractivity contribution < 1.29 is 19.7 Å². The number of carbonyl (C=O) groups is 1. The molecule has 5 nitrogen and oxygen atoms in total. The van der Waals surface area contributed by atoms with Crippen molar-refractivity contribution in [2.75, 3.05) is 12.4 Å². The molecule has 100 valence electrons. The van der Waals surface area contributed by atoms with E-state index in [4.69, 9.17) is 4.74 Å². The lowest BCUT2D eigenvalue weighted by atomic mass is 10.1. The number of aliphatic hydroxyl groups excluding tert-OH is 2. The second-order valence-corrected chi connectivity index (χ2v) is 4.87. The number of nitrogens with zero attached hydrogens (tertiary/aromatic N) is 1. The Balaban J connectivity index is 2.59. The van der Waals surface area contributed by atoms with E-state index in [9.17, 15) is 15.0 Å². The highest BCUT2D eigenvalue weighted by Gasteiger charge is 2.19. The summed E-state index contributed by atoms with van der Waals surface area (Å²) in [5, 5.41) is 19.5. The summed E-state index contributed by atoms with van der Waals surface area (Å²) in [5.74, 6) is 0.630. The van der Waals surface area contributed by atoms with E-state index >= 15 is 0 Å². The lowest BCUT2D eigenvalue weighted by Gasteiger charge is -2.17. The van der Waals surface area contributed by atoms with Crippen LogP contribution in [-0.4, -0.2) is 38.8 Å². The largest absolute Gasteiger partial charge is 0.478 e. The van der Waals surface area contributed by atoms with Gasteiger partial charge in [-0.05, 0) is 13.0 Å². The number of aromatic nitrogens is 1. The molecule has 6 heteroatoms. The van der Waals surface area contributed by atoms with Crippen LogP contribution in [0.3, 0.4) is 0 Å². The van der Waals surface area contributed by atoms with Gasteiger partial charge in [-0.1, -0.05) is 11.8 Å². The van der Waals surface area contributed by atoms with Gasteiger partial charge >= 0.3 is 0 Å². The minimum atomic E-state index is -1.06. The van der Waals surface area contributed by atoms with Crippen molar-refractivity contribution in [2.24, 2.45) is 0 Å². The van der Waals surface area contributed by atoms with Crippen LogP contribution in [0.25, 0.3) is 0 Å². The third-order valence-electron chi connectivity index (χ3n) is 2.21. The van der Waals surface area contributed by atoms with E-state index in [1.807, 2.05) is 6.92 Å². The molecule has 18 heavy (non-hydrogen) atoms. The number of rotatable bonds is 6. The Morgan fingerprint density at radius 1 is 1.50 bits per heavy atom. The van der Waals surface area contributed by atoms with Crippen molar-refractivity contribution in [1.29, 1.82) is 0 Å². The van der Waals surface area contributed by atoms with Crippen LogP contribution in [0.4, 0.5) is 0 Å². The highest BCUT2D eigenvalue weighted by Crippen LogP contribution is 2.20. The monoisotopic (exact) mass is 271 g/mol. The van der Waals surface area contributed by atoms with Gasteiger partial charge in [-0.2, -0.15) is 0 Å². The zero-order chi connectivity index (χ0) is 13.5. The minimum absolute atomic E-state index is 0.0916. The van der Waals surface area contributed by atoms with Crippen molar-refractivity contribution in [3.8, 4) is 5.88 Å². The zero-order valence-electron chi connectivity index (χ0n) is 10.4. The maximum Gasteiger partial charge on any atom is 0.213 e. The Kier molecular flexibility index (Phi) is 6.11. The molecule has 2 N–H and O–H groups in total. The van der Waals surface area contributed by atoms with Crippen LogP contribution in [0.5, 0.6) is 5.88 Å². The number of pyridine rings is 1. The molecule has 0 spiro atoms. The van der Waals surface area contributed by atoms with Crippen LogP contribution in [0.2, 0.25) is 0 Å². The Labute approximate surface area is 110 Å². The SMILES string of the molecule is CCOc1ccc(C(O)C(O)CSC(C)=O)cn1. The molecule has 0 radical (unpaired) electrons. The summed E-state index contributed by atoms with van der Waals surface area (Å²) < 4.78 is 5.18. The highest BCUT2D eigenvalue weighted by molar-refractivity contribution is 8.13. The first kappa shape index (κ1) is 14.9. The van der Waals surface area contributed by atoms with Crippen LogP contribution < -0.4 is 4.74 Å². The molecule has 0 fully saturated rings. The first-order valence-electron chi connectivity index (χ1n) is 5.62. The van der Waals surface area contributed by atoms with E-state index in [-0.39, 0.29) is 10.9 Å². The van der Waals surface area contributed by atoms with Gasteiger partial charge in [-0.25, -0.2) is 4.98 Å². The van der Waals surface area contributed by atoms with Crippen molar-refractivity contribution in [3.63, 3.8) is 0 Å². The lowest BCUT2D eigenvalue weighted by molar-refractivity contribution is -0.109. The summed E-state index contributed by atoms with van der Waals surface area (Å²) in [7, 11) is 0. The van der Waals surface area contributed by atoms with Gasteiger partial charge in [0.15, 0.2) is 5.12 Å². The van der Waals surface area contributed by atoms with Crippen molar-refractivity contribution in [3.05, 3.63) is 23.9 Å². The van der Waals surface area contributed by atoms with Crippen LogP contribution in [0.15, 0.2) is 18.3 Å². The summed E-state index contributed by atoms with van der Waals surface area (Å²) in [6.07, 6.45) is -0.601. The minimum Gasteiger partial charge on any atom is -0.478 e. The smallest absolute Gasteiger partial charge is 0.213 e. The average Bonchev–Trinajstić information content (AvgIpc) is 2.36. The topological polar surface area (TPSA) is 79.6 Å². The molecule has 0 aliphatic rings. The molecule has 2 unspecified atom stereocenters. The number of carbonyl (C=O) groups excluding carboxylic acids is 1. The Bertz CT molecular complexity index is 382. The van der Waals surface area contributed by atoms with Crippen molar-refractivity contribution in [2.45, 2.75) is 26.1 Å². The number of hydrogen-bond donors (Lipinski definition) is 2. The van der Waals surface area contributed by atoms with Gasteiger partial charge in [0, 0.05) is 30.5 Å². The number of aliphatic hydroxyl groups is 2. The molecular weight excluding hydrogens is 254 g/mol. The van der Waals surface area contributed by atoms with Gasteiger partial charge in [0.1, 0.15) is 6.10 Å². The van der Waals surface area contributed by atoms with E-state index in [0.29, 0.717) is 18.1 Å². The predicted octanol–water partition coefficient (Wildman–Crippen LogP) is 1.15. The summed E-state index contributed by atoms with van der Waals surface area (Å²) in [6, 6.07) is 3.28. The van der Waals surface area contributed by atoms with Gasteiger partial charge in [0.2, 0.25) is 5.88 Å². The molecule has 0 amide bonds. The normalized spacial score (nSPS) is 14.0. The number of ether oxygens (including phenoxy) is 1. The maximum absolute atomic E-state index is 10.8. The molecule has 1 rings (SSSR count). The second kappa shape index (κ2) is 7.35. The first-order chi connectivity index (χ1) is 8.54. The van der Waals surface area contributed by atoms with E-state index in [2.05, 4.69) is 4.98 Å². The zero-order valence-corrected chi connectivity index (χ0v) is 11.2. The third-order valence-corrected chi connectivity index (χ3v) is 3.13. The van der Waals surface area contributed by atoms with Crippen LogP contribution >= 0.6 is 11.8 Å². The van der Waals surface area contributed by atoms with Crippen molar-refractivity contribution in [1.82, 2.24) is 4.98 Å². The lowest BCUT2D eigenvalue weighted by Crippen LogP contribution is -2.21. The van der Waals surface area contributed by atoms with Crippen LogP contribution in [0.1, 0.15) is 25.5 Å². The summed E-state index contributed by atoms with van der Waals surface area (Å²) in [6.45, 7) is 3.79. The summed E-state index contributed by atoms with van der Waals surface area (Å²) in [4.78, 5) is 14.8. The van der Waals surface area contributed by atoms with E-state index in [1.165, 1.54) is 13.1 Å². The predicted molar refractivity (Wildman–Crippen MR) is 69.5 cm³/mol. The number of thioether (sulfide) groups is 1. The molecule has 0 saturated heterocycles. The number of hydrogen-bond acceptors (Lipinski definition) is 6. The van der Waals surface area contributed by atoms with Crippen LogP contribution in [0, 0.1) is 0 Å². The van der Waals surface area contributed by atoms with Gasteiger partial charge in [-0.15, -0.1) is 0 Å².